The molecule has 1 unspecified atom stereocenters. The Bertz CT molecular complexity index is 437. The maximum atomic E-state index is 5.83. The molecule has 0 aromatic carbocycles. The first-order valence-corrected chi connectivity index (χ1v) is 6.14. The molecule has 0 amide bonds. The average molecular weight is 293 g/mol. The van der Waals surface area contributed by atoms with Crippen LogP contribution in [0.3, 0.4) is 0 Å². The Morgan fingerprint density at radius 1 is 1.57 bits per heavy atom. The lowest BCUT2D eigenvalue weighted by atomic mass is 10.3. The van der Waals surface area contributed by atoms with Gasteiger partial charge >= 0.3 is 0 Å². The van der Waals surface area contributed by atoms with Crippen LogP contribution in [-0.2, 0) is 0 Å². The zero-order chi connectivity index (χ0) is 10.1. The maximum absolute atomic E-state index is 5.83. The minimum absolute atomic E-state index is 0.204. The Morgan fingerprint density at radius 3 is 2.86 bits per heavy atom. The molecule has 1 atom stereocenters. The molecule has 2 aromatic rings. The number of hydrogen-bond donors (Lipinski definition) is 0. The van der Waals surface area contributed by atoms with Crippen molar-refractivity contribution < 1.29 is 4.52 Å². The van der Waals surface area contributed by atoms with E-state index in [0.29, 0.717) is 0 Å². The predicted molar refractivity (Wildman–Crippen MR) is 62.2 cm³/mol. The normalized spacial score (nSPS) is 13.1. The summed E-state index contributed by atoms with van der Waals surface area (Å²) in [6.07, 6.45) is 0. The molecule has 0 saturated heterocycles. The van der Waals surface area contributed by atoms with Crippen LogP contribution in [0.25, 0.3) is 10.6 Å². The van der Waals surface area contributed by atoms with Crippen molar-refractivity contribution in [2.75, 3.05) is 0 Å². The Morgan fingerprint density at radius 2 is 2.36 bits per heavy atom. The van der Waals surface area contributed by atoms with Crippen LogP contribution in [0.1, 0.15) is 17.4 Å². The van der Waals surface area contributed by atoms with Gasteiger partial charge in [-0.25, -0.2) is 0 Å². The first-order chi connectivity index (χ1) is 6.66. The first-order valence-electron chi connectivity index (χ1n) is 4.03. The molecule has 0 radical (unpaired) electrons. The van der Waals surface area contributed by atoms with Crippen LogP contribution in [0, 0.1) is 0 Å². The summed E-state index contributed by atoms with van der Waals surface area (Å²) < 4.78 is 5.95. The smallest absolute Gasteiger partial charge is 0.177 e. The highest BCUT2D eigenvalue weighted by atomic mass is 79.9. The summed E-state index contributed by atoms with van der Waals surface area (Å²) in [6, 6.07) is 5.69. The van der Waals surface area contributed by atoms with Crippen molar-refractivity contribution in [1.82, 2.24) is 5.16 Å². The lowest BCUT2D eigenvalue weighted by molar-refractivity contribution is 0.425. The second kappa shape index (κ2) is 4.04. The summed E-state index contributed by atoms with van der Waals surface area (Å²) in [4.78, 5) is 1.21. The summed E-state index contributed by atoms with van der Waals surface area (Å²) in [6.45, 7) is 2.00. The fraction of sp³-hybridized carbons (Fsp3) is 0.222. The molecular weight excluding hydrogens is 286 g/mol. The molecule has 0 aliphatic rings. The van der Waals surface area contributed by atoms with Gasteiger partial charge in [-0.05, 0) is 19.1 Å². The molecule has 14 heavy (non-hydrogen) atoms. The number of alkyl halides is 1. The van der Waals surface area contributed by atoms with E-state index < -0.39 is 0 Å². The average Bonchev–Trinajstić information content (AvgIpc) is 2.70. The van der Waals surface area contributed by atoms with Gasteiger partial charge in [0.2, 0.25) is 0 Å². The van der Waals surface area contributed by atoms with Crippen LogP contribution in [-0.4, -0.2) is 5.16 Å². The molecule has 5 heteroatoms. The van der Waals surface area contributed by atoms with Crippen LogP contribution in [0.5, 0.6) is 0 Å². The summed E-state index contributed by atoms with van der Waals surface area (Å²) in [5, 5.41) is 3.94. The van der Waals surface area contributed by atoms with Crippen LogP contribution >= 0.6 is 38.9 Å². The SMILES string of the molecule is CC(Br)c1cc(-c2ccc(Cl)s2)on1. The van der Waals surface area contributed by atoms with Crippen molar-refractivity contribution in [3.63, 3.8) is 0 Å². The predicted octanol–water partition coefficient (Wildman–Crippen LogP) is 4.51. The maximum Gasteiger partial charge on any atom is 0.177 e. The molecular formula is C9H7BrClNOS. The molecule has 0 N–H and O–H groups in total. The molecule has 0 aliphatic heterocycles. The molecule has 74 valence electrons. The third-order valence-corrected chi connectivity index (χ3v) is 3.47. The van der Waals surface area contributed by atoms with Gasteiger partial charge in [-0.2, -0.15) is 0 Å². The molecule has 2 rings (SSSR count). The monoisotopic (exact) mass is 291 g/mol. The largest absolute Gasteiger partial charge is 0.355 e. The highest BCUT2D eigenvalue weighted by molar-refractivity contribution is 9.09. The fourth-order valence-electron chi connectivity index (χ4n) is 1.04. The number of nitrogens with zero attached hydrogens (tertiary/aromatic N) is 1. The van der Waals surface area contributed by atoms with E-state index in [0.717, 1.165) is 20.7 Å². The quantitative estimate of drug-likeness (QED) is 0.761. The molecule has 2 nitrogen and oxygen atoms in total. The van der Waals surface area contributed by atoms with Crippen LogP contribution < -0.4 is 0 Å². The van der Waals surface area contributed by atoms with Crippen molar-refractivity contribution >= 4 is 38.9 Å². The van der Waals surface area contributed by atoms with E-state index in [2.05, 4.69) is 21.1 Å². The van der Waals surface area contributed by atoms with Crippen molar-refractivity contribution in [2.24, 2.45) is 0 Å². The second-order valence-corrected chi connectivity index (χ2v) is 5.92. The lowest BCUT2D eigenvalue weighted by Crippen LogP contribution is -1.79. The van der Waals surface area contributed by atoms with Crippen molar-refractivity contribution in [1.29, 1.82) is 0 Å². The highest BCUT2D eigenvalue weighted by Gasteiger charge is 2.11. The topological polar surface area (TPSA) is 26.0 Å². The Kier molecular flexibility index (Phi) is 2.95. The van der Waals surface area contributed by atoms with E-state index in [1.165, 1.54) is 11.3 Å². The summed E-state index contributed by atoms with van der Waals surface area (Å²) in [7, 11) is 0. The molecule has 0 fully saturated rings. The number of rotatable bonds is 2. The zero-order valence-corrected chi connectivity index (χ0v) is 10.5. The minimum Gasteiger partial charge on any atom is -0.355 e. The summed E-state index contributed by atoms with van der Waals surface area (Å²) in [5.41, 5.74) is 0.893. The fourth-order valence-corrected chi connectivity index (χ4v) is 2.25. The van der Waals surface area contributed by atoms with Crippen molar-refractivity contribution in [2.45, 2.75) is 11.8 Å². The summed E-state index contributed by atoms with van der Waals surface area (Å²) >= 11 is 10.7. The second-order valence-electron chi connectivity index (χ2n) is 2.84. The minimum atomic E-state index is 0.204. The number of aromatic nitrogens is 1. The van der Waals surface area contributed by atoms with E-state index in [9.17, 15) is 0 Å². The zero-order valence-electron chi connectivity index (χ0n) is 7.33. The van der Waals surface area contributed by atoms with Gasteiger partial charge in [0.05, 0.1) is 19.7 Å². The Hall–Kier alpha value is -0.320. The van der Waals surface area contributed by atoms with Gasteiger partial charge in [0.25, 0.3) is 0 Å². The molecule has 2 aromatic heterocycles. The van der Waals surface area contributed by atoms with Gasteiger partial charge < -0.3 is 4.52 Å². The molecule has 0 aliphatic carbocycles. The third kappa shape index (κ3) is 2.02. The summed E-state index contributed by atoms with van der Waals surface area (Å²) in [5.74, 6) is 0.767. The van der Waals surface area contributed by atoms with Gasteiger partial charge in [0.15, 0.2) is 5.76 Å². The third-order valence-electron chi connectivity index (χ3n) is 1.75. The van der Waals surface area contributed by atoms with E-state index in [1.54, 1.807) is 0 Å². The first kappa shape index (κ1) is 10.2. The van der Waals surface area contributed by atoms with Crippen molar-refractivity contribution in [3.8, 4) is 10.6 Å². The van der Waals surface area contributed by atoms with E-state index in [1.807, 2.05) is 25.1 Å². The molecule has 0 saturated carbocycles. The van der Waals surface area contributed by atoms with Crippen molar-refractivity contribution in [3.05, 3.63) is 28.2 Å². The highest BCUT2D eigenvalue weighted by Crippen LogP contribution is 2.33. The standard InChI is InChI=1S/C9H7BrClNOS/c1-5(10)6-4-7(13-12-6)8-2-3-9(11)14-8/h2-5H,1H3. The van der Waals surface area contributed by atoms with E-state index in [-0.39, 0.29) is 4.83 Å². The van der Waals surface area contributed by atoms with Gasteiger partial charge in [-0.1, -0.05) is 32.7 Å². The lowest BCUT2D eigenvalue weighted by Gasteiger charge is -1.90. The van der Waals surface area contributed by atoms with Crippen LogP contribution in [0.4, 0.5) is 0 Å². The number of halogens is 2. The Balaban J connectivity index is 2.33. The number of thiophene rings is 1. The molecule has 0 bridgehead atoms. The van der Waals surface area contributed by atoms with Gasteiger partial charge in [0.1, 0.15) is 0 Å². The van der Waals surface area contributed by atoms with Gasteiger partial charge in [-0.15, -0.1) is 11.3 Å². The molecule has 2 heterocycles. The van der Waals surface area contributed by atoms with Gasteiger partial charge in [0, 0.05) is 6.07 Å². The Labute approximate surface area is 99.0 Å². The van der Waals surface area contributed by atoms with Gasteiger partial charge in [-0.3, -0.25) is 0 Å². The molecule has 0 spiro atoms. The van der Waals surface area contributed by atoms with E-state index in [4.69, 9.17) is 16.1 Å². The number of hydrogen-bond acceptors (Lipinski definition) is 3. The van der Waals surface area contributed by atoms with E-state index >= 15 is 0 Å². The van der Waals surface area contributed by atoms with Crippen LogP contribution in [0.15, 0.2) is 22.7 Å². The van der Waals surface area contributed by atoms with Crippen LogP contribution in [0.2, 0.25) is 4.34 Å².